The van der Waals surface area contributed by atoms with Gasteiger partial charge in [-0.05, 0) is 54.7 Å². The van der Waals surface area contributed by atoms with E-state index in [1.165, 1.54) is 18.5 Å². The molecule has 0 spiro atoms. The number of nitriles is 1. The van der Waals surface area contributed by atoms with Gasteiger partial charge in [0.25, 0.3) is 0 Å². The molecule has 10 heteroatoms. The van der Waals surface area contributed by atoms with Crippen molar-refractivity contribution in [3.63, 3.8) is 0 Å². The van der Waals surface area contributed by atoms with E-state index in [0.29, 0.717) is 45.1 Å². The van der Waals surface area contributed by atoms with Crippen molar-refractivity contribution < 1.29 is 5.76 Å². The molecule has 1 aliphatic heterocycles. The highest BCUT2D eigenvalue weighted by molar-refractivity contribution is 6.04. The van der Waals surface area contributed by atoms with E-state index >= 15 is 0 Å². The van der Waals surface area contributed by atoms with Crippen molar-refractivity contribution in [2.45, 2.75) is 44.3 Å². The average Bonchev–Trinajstić information content (AvgIpc) is 3.83. The van der Waals surface area contributed by atoms with Crippen LogP contribution >= 0.6 is 0 Å². The summed E-state index contributed by atoms with van der Waals surface area (Å²) in [5, 5.41) is 20.0. The zero-order valence-electron chi connectivity index (χ0n) is 25.6. The number of nitrogens with zero attached hydrogens (tertiary/aromatic N) is 5. The van der Waals surface area contributed by atoms with E-state index in [4.69, 9.17) is 4.98 Å². The van der Waals surface area contributed by atoms with Gasteiger partial charge in [0, 0.05) is 53.0 Å². The second kappa shape index (κ2) is 12.2. The molecule has 1 saturated carbocycles. The molecule has 1 aliphatic carbocycles. The highest BCUT2D eigenvalue weighted by Gasteiger charge is 2.32. The van der Waals surface area contributed by atoms with Gasteiger partial charge in [-0.15, -0.1) is 5.53 Å². The molecule has 4 N–H and O–H groups in total. The van der Waals surface area contributed by atoms with Gasteiger partial charge in [-0.3, -0.25) is 9.99 Å². The van der Waals surface area contributed by atoms with Crippen molar-refractivity contribution in [2.75, 3.05) is 10.6 Å². The Morgan fingerprint density at radius 1 is 1.04 bits per heavy atom. The van der Waals surface area contributed by atoms with Crippen LogP contribution in [-0.4, -0.2) is 26.0 Å². The van der Waals surface area contributed by atoms with Gasteiger partial charge in [-0.2, -0.15) is 5.26 Å². The number of fused-ring (bicyclic) bond motifs is 1. The number of hydrogen-bond acceptors (Lipinski definition) is 9. The lowest BCUT2D eigenvalue weighted by molar-refractivity contribution is 0.260. The monoisotopic (exact) mass is 598 g/mol. The third-order valence-corrected chi connectivity index (χ3v) is 8.09. The van der Waals surface area contributed by atoms with E-state index in [9.17, 15) is 11.0 Å². The van der Waals surface area contributed by atoms with Crippen molar-refractivity contribution in [1.82, 2.24) is 30.9 Å². The quantitative estimate of drug-likeness (QED) is 0.139. The van der Waals surface area contributed by atoms with E-state index in [-0.39, 0.29) is 11.9 Å². The van der Waals surface area contributed by atoms with Gasteiger partial charge in [0.05, 0.1) is 35.9 Å². The number of halogens is 1. The lowest BCUT2D eigenvalue weighted by Crippen LogP contribution is -2.38. The van der Waals surface area contributed by atoms with E-state index in [1.54, 1.807) is 30.7 Å². The third-order valence-electron chi connectivity index (χ3n) is 8.09. The molecule has 3 heterocycles. The Bertz CT molecular complexity index is 1940. The Morgan fingerprint density at radius 3 is 2.53 bits per heavy atom. The Labute approximate surface area is 262 Å². The topological polar surface area (TPSA) is 114 Å². The highest BCUT2D eigenvalue weighted by Crippen LogP contribution is 2.39. The van der Waals surface area contributed by atoms with Gasteiger partial charge in [0.2, 0.25) is 0 Å². The van der Waals surface area contributed by atoms with Gasteiger partial charge in [-0.25, -0.2) is 14.4 Å². The van der Waals surface area contributed by atoms with Crippen molar-refractivity contribution in [3.8, 4) is 17.2 Å². The minimum atomic E-state index is -1.55. The Kier molecular flexibility index (Phi) is 7.35. The second-order valence-electron chi connectivity index (χ2n) is 11.1. The van der Waals surface area contributed by atoms with Crippen molar-refractivity contribution in [3.05, 3.63) is 126 Å². The molecule has 45 heavy (non-hydrogen) atoms. The summed E-state index contributed by atoms with van der Waals surface area (Å²) in [7, 11) is 0. The lowest BCUT2D eigenvalue weighted by Gasteiger charge is -2.24. The van der Waals surface area contributed by atoms with Gasteiger partial charge in [0.15, 0.2) is 0 Å². The first kappa shape index (κ1) is 27.0. The summed E-state index contributed by atoms with van der Waals surface area (Å²) in [4.78, 5) is 13.2. The molecule has 5 aromatic rings. The summed E-state index contributed by atoms with van der Waals surface area (Å²) in [6.07, 6.45) is 11.3. The maximum Gasteiger partial charge on any atom is 0.123 e. The first-order chi connectivity index (χ1) is 22.5. The van der Waals surface area contributed by atoms with Gasteiger partial charge in [0.1, 0.15) is 18.2 Å². The number of hydrogen-bond donors (Lipinski definition) is 4. The number of rotatable bonds is 10. The van der Waals surface area contributed by atoms with Crippen LogP contribution in [0, 0.1) is 17.1 Å². The average molecular weight is 599 g/mol. The minimum Gasteiger partial charge on any atom is -0.377 e. The standard InChI is InChI=1S/C35H32FN9/c1-2-31(22-6-4-3-5-7-22)42-33-24(16-37)19-40-35-29(25-17-38-21-39-18-25)14-27(15-30(33)35)41-34(23-8-10-26(36)11-9-23)32-20-45(44-43-32)28-12-13-28/h3-11,14-15,17-21,28,31,34,41,43-44H,2,12-13H2,1H3,(H,40,42)/t31-,34+/m1/s1/i34D. The van der Waals surface area contributed by atoms with Crippen LogP contribution in [0.2, 0.25) is 0 Å². The maximum atomic E-state index is 14.1. The first-order valence-electron chi connectivity index (χ1n) is 15.5. The molecule has 0 bridgehead atoms. The molecule has 9 nitrogen and oxygen atoms in total. The molecular formula is C35H32FN9. The van der Waals surface area contributed by atoms with Crippen molar-refractivity contribution >= 4 is 22.3 Å². The molecule has 7 rings (SSSR count). The molecule has 224 valence electrons. The van der Waals surface area contributed by atoms with E-state index in [1.807, 2.05) is 41.5 Å². The second-order valence-corrected chi connectivity index (χ2v) is 11.1. The van der Waals surface area contributed by atoms with Gasteiger partial charge in [-0.1, -0.05) is 49.4 Å². The summed E-state index contributed by atoms with van der Waals surface area (Å²) in [5.41, 5.74) is 12.3. The van der Waals surface area contributed by atoms with Gasteiger partial charge < -0.3 is 16.1 Å². The summed E-state index contributed by atoms with van der Waals surface area (Å²) >= 11 is 0. The number of nitrogens with one attached hydrogen (secondary N) is 4. The molecule has 3 aromatic carbocycles. The van der Waals surface area contributed by atoms with Crippen LogP contribution in [0.25, 0.3) is 22.0 Å². The zero-order valence-corrected chi connectivity index (χ0v) is 24.6. The summed E-state index contributed by atoms with van der Waals surface area (Å²) in [6, 6.07) is 20.9. The predicted molar refractivity (Wildman–Crippen MR) is 173 cm³/mol. The van der Waals surface area contributed by atoms with Crippen LogP contribution in [0.3, 0.4) is 0 Å². The number of anilines is 2. The van der Waals surface area contributed by atoms with Crippen LogP contribution in [0.4, 0.5) is 15.8 Å². The Morgan fingerprint density at radius 2 is 1.82 bits per heavy atom. The molecule has 0 amide bonds. The summed E-state index contributed by atoms with van der Waals surface area (Å²) < 4.78 is 23.9. The van der Waals surface area contributed by atoms with Crippen LogP contribution in [0.1, 0.15) is 56.3 Å². The molecule has 1 fully saturated rings. The molecule has 0 saturated heterocycles. The molecule has 2 aliphatic rings. The zero-order chi connectivity index (χ0) is 31.7. The highest BCUT2D eigenvalue weighted by atomic mass is 19.1. The van der Waals surface area contributed by atoms with Crippen LogP contribution in [0.15, 0.2) is 104 Å². The van der Waals surface area contributed by atoms with Crippen molar-refractivity contribution in [1.29, 1.82) is 5.26 Å². The fraction of sp³-hybridized carbons (Fsp3) is 0.200. The normalized spacial score (nSPS) is 16.6. The third kappa shape index (κ3) is 5.86. The lowest BCUT2D eigenvalue weighted by atomic mass is 9.98. The first-order valence-corrected chi connectivity index (χ1v) is 15.0. The number of aromatic nitrogens is 3. The fourth-order valence-corrected chi connectivity index (χ4v) is 5.61. The smallest absolute Gasteiger partial charge is 0.123 e. The molecular weight excluding hydrogens is 565 g/mol. The Hall–Kier alpha value is -5.53. The van der Waals surface area contributed by atoms with Crippen LogP contribution < -0.4 is 21.6 Å². The largest absolute Gasteiger partial charge is 0.377 e. The molecule has 0 radical (unpaired) electrons. The van der Waals surface area contributed by atoms with Crippen LogP contribution in [-0.2, 0) is 0 Å². The minimum absolute atomic E-state index is 0.0687. The van der Waals surface area contributed by atoms with Crippen molar-refractivity contribution in [2.24, 2.45) is 0 Å². The van der Waals surface area contributed by atoms with E-state index in [2.05, 4.69) is 56.7 Å². The number of hydrazine groups is 2. The van der Waals surface area contributed by atoms with Crippen LogP contribution in [0.5, 0.6) is 0 Å². The fourth-order valence-electron chi connectivity index (χ4n) is 5.61. The Balaban J connectivity index is 1.40. The summed E-state index contributed by atoms with van der Waals surface area (Å²) in [6.45, 7) is 2.10. The summed E-state index contributed by atoms with van der Waals surface area (Å²) in [5.74, 6) is -0.385. The SMILES string of the molecule is [2H][C@@](Nc1cc(-c2cncnc2)c2ncc(C#N)c(N[C@H](CC)c3ccccc3)c2c1)(C1=CN(C2CC2)NN1)c1ccc(F)cc1. The number of pyridine rings is 1. The maximum absolute atomic E-state index is 14.1. The van der Waals surface area contributed by atoms with Gasteiger partial charge >= 0.3 is 0 Å². The van der Waals surface area contributed by atoms with E-state index in [0.717, 1.165) is 36.0 Å². The molecule has 2 atom stereocenters. The van der Waals surface area contributed by atoms with E-state index < -0.39 is 6.02 Å². The molecule has 2 aromatic heterocycles. The molecule has 0 unspecified atom stereocenters. The predicted octanol–water partition coefficient (Wildman–Crippen LogP) is 6.75. The number of benzene rings is 3.